The van der Waals surface area contributed by atoms with E-state index in [0.717, 1.165) is 12.0 Å². The molecule has 1 aromatic carbocycles. The molecule has 3 aromatic heterocycles. The number of carbonyl (C=O) groups is 2. The smallest absolute Gasteiger partial charge is 0.306 e. The summed E-state index contributed by atoms with van der Waals surface area (Å²) in [6.07, 6.45) is 5.57. The number of hydrogen-bond acceptors (Lipinski definition) is 9. The Labute approximate surface area is 293 Å². The van der Waals surface area contributed by atoms with Crippen LogP contribution in [0.2, 0.25) is 10.0 Å². The van der Waals surface area contributed by atoms with E-state index in [1.807, 2.05) is 17.0 Å². The molecule has 0 radical (unpaired) electrons. The van der Waals surface area contributed by atoms with Crippen molar-refractivity contribution in [1.29, 1.82) is 0 Å². The minimum Gasteiger partial charge on any atom is -0.481 e. The fraction of sp³-hybridized carbons (Fsp3) is 0.343. The summed E-state index contributed by atoms with van der Waals surface area (Å²) >= 11 is 13.8. The number of carboxylic acids is 1. The highest BCUT2D eigenvalue weighted by atomic mass is 35.5. The van der Waals surface area contributed by atoms with Crippen molar-refractivity contribution in [3.63, 3.8) is 0 Å². The van der Waals surface area contributed by atoms with Gasteiger partial charge in [-0.3, -0.25) is 19.5 Å². The summed E-state index contributed by atoms with van der Waals surface area (Å²) in [5.74, 6) is -1.11. The van der Waals surface area contributed by atoms with Crippen LogP contribution < -0.4 is 20.7 Å². The molecule has 5 heterocycles. The van der Waals surface area contributed by atoms with Gasteiger partial charge in [0.1, 0.15) is 0 Å². The van der Waals surface area contributed by atoms with Gasteiger partial charge in [0.05, 0.1) is 40.1 Å². The maximum absolute atomic E-state index is 15.7. The Kier molecular flexibility index (Phi) is 10.9. The van der Waals surface area contributed by atoms with Crippen LogP contribution in [-0.4, -0.2) is 69.6 Å². The van der Waals surface area contributed by atoms with Gasteiger partial charge in [-0.25, -0.2) is 14.4 Å². The van der Waals surface area contributed by atoms with Gasteiger partial charge in [-0.15, -0.1) is 0 Å². The molecule has 2 aliphatic heterocycles. The lowest BCUT2D eigenvalue weighted by Crippen LogP contribution is -2.36. The predicted octanol–water partition coefficient (Wildman–Crippen LogP) is 6.07. The van der Waals surface area contributed by atoms with Gasteiger partial charge in [0.15, 0.2) is 11.6 Å². The Bertz CT molecular complexity index is 1860. The Hall–Kier alpha value is -4.36. The number of rotatable bonds is 12. The molecule has 49 heavy (non-hydrogen) atoms. The normalized spacial score (nSPS) is 16.8. The minimum atomic E-state index is -0.785. The van der Waals surface area contributed by atoms with Gasteiger partial charge in [0, 0.05) is 66.7 Å². The number of likely N-dealkylation sites (tertiary alicyclic amines) is 1. The summed E-state index contributed by atoms with van der Waals surface area (Å²) < 4.78 is 21.3. The number of halogens is 3. The lowest BCUT2D eigenvalue weighted by Gasteiger charge is -2.30. The Morgan fingerprint density at radius 2 is 1.84 bits per heavy atom. The van der Waals surface area contributed by atoms with Crippen molar-refractivity contribution in [1.82, 2.24) is 30.5 Å². The van der Waals surface area contributed by atoms with E-state index < -0.39 is 11.8 Å². The molecule has 2 aliphatic rings. The first-order chi connectivity index (χ1) is 23.7. The molecule has 1 atom stereocenters. The lowest BCUT2D eigenvalue weighted by molar-refractivity contribution is -0.143. The molecular weight excluding hydrogens is 672 g/mol. The van der Waals surface area contributed by atoms with Crippen LogP contribution >= 0.6 is 23.2 Å². The van der Waals surface area contributed by atoms with Crippen LogP contribution in [0.25, 0.3) is 22.5 Å². The van der Waals surface area contributed by atoms with Gasteiger partial charge in [-0.1, -0.05) is 41.4 Å². The average Bonchev–Trinajstić information content (AvgIpc) is 3.52. The Morgan fingerprint density at radius 1 is 1.04 bits per heavy atom. The first kappa shape index (κ1) is 34.5. The van der Waals surface area contributed by atoms with E-state index in [2.05, 4.69) is 25.9 Å². The van der Waals surface area contributed by atoms with Crippen LogP contribution in [0.1, 0.15) is 36.8 Å². The summed E-state index contributed by atoms with van der Waals surface area (Å²) in [5, 5.41) is 19.2. The van der Waals surface area contributed by atoms with Crippen molar-refractivity contribution in [2.75, 3.05) is 32.1 Å². The number of aliphatic carboxylic acids is 1. The van der Waals surface area contributed by atoms with Crippen molar-refractivity contribution in [2.24, 2.45) is 5.92 Å². The molecule has 1 amide bonds. The van der Waals surface area contributed by atoms with Gasteiger partial charge >= 0.3 is 5.97 Å². The zero-order chi connectivity index (χ0) is 34.5. The number of aromatic nitrogens is 3. The summed E-state index contributed by atoms with van der Waals surface area (Å²) in [6, 6.07) is 12.5. The number of hydrogen-bond donors (Lipinski definition) is 4. The maximum Gasteiger partial charge on any atom is 0.306 e. The van der Waals surface area contributed by atoms with E-state index in [0.29, 0.717) is 96.7 Å². The lowest BCUT2D eigenvalue weighted by atomic mass is 9.97. The van der Waals surface area contributed by atoms with Crippen LogP contribution in [0.5, 0.6) is 5.88 Å². The van der Waals surface area contributed by atoms with E-state index in [1.165, 1.54) is 6.20 Å². The number of nitrogens with one attached hydrogen (secondary N) is 3. The predicted molar refractivity (Wildman–Crippen MR) is 185 cm³/mol. The summed E-state index contributed by atoms with van der Waals surface area (Å²) in [7, 11) is 1.56. The maximum atomic E-state index is 15.7. The average molecular weight is 709 g/mol. The molecule has 2 fully saturated rings. The van der Waals surface area contributed by atoms with Gasteiger partial charge in [-0.2, -0.15) is 0 Å². The zero-order valence-electron chi connectivity index (χ0n) is 26.8. The molecule has 6 rings (SSSR count). The van der Waals surface area contributed by atoms with Gasteiger partial charge in [0.25, 0.3) is 0 Å². The third-order valence-electron chi connectivity index (χ3n) is 8.90. The number of methoxy groups -OCH3 is 1. The fourth-order valence-corrected chi connectivity index (χ4v) is 6.76. The van der Waals surface area contributed by atoms with Crippen molar-refractivity contribution in [3.8, 4) is 28.4 Å². The molecule has 11 nitrogen and oxygen atoms in total. The van der Waals surface area contributed by atoms with E-state index >= 15 is 4.39 Å². The number of anilines is 2. The SMILES string of the molecule is COc1nc(-c2ccnc(-c3cccc(Nc4nccc(CN5CCC(C(=O)O)CC5)c4F)c3Cl)c2Cl)ccc1CNC[C@@H]1CCC(=O)N1. The Morgan fingerprint density at radius 3 is 2.57 bits per heavy atom. The van der Waals surface area contributed by atoms with Crippen molar-refractivity contribution < 1.29 is 23.8 Å². The molecule has 4 N–H and O–H groups in total. The molecule has 0 aliphatic carbocycles. The first-order valence-electron chi connectivity index (χ1n) is 16.0. The second-order valence-electron chi connectivity index (χ2n) is 12.1. The molecular formula is C35H36Cl2FN7O4. The molecule has 0 bridgehead atoms. The van der Waals surface area contributed by atoms with Crippen molar-refractivity contribution >= 4 is 46.6 Å². The first-order valence-corrected chi connectivity index (χ1v) is 16.8. The quantitative estimate of drug-likeness (QED) is 0.137. The number of carboxylic acid groups (broad SMARTS) is 1. The number of ether oxygens (including phenoxy) is 1. The number of benzene rings is 1. The number of nitrogens with zero attached hydrogens (tertiary/aromatic N) is 4. The number of carbonyl (C=O) groups excluding carboxylic acids is 1. The van der Waals surface area contributed by atoms with Crippen LogP contribution in [0, 0.1) is 11.7 Å². The summed E-state index contributed by atoms with van der Waals surface area (Å²) in [6.45, 7) is 2.65. The van der Waals surface area contributed by atoms with Crippen molar-refractivity contribution in [3.05, 3.63) is 81.8 Å². The highest BCUT2D eigenvalue weighted by molar-refractivity contribution is 6.39. The topological polar surface area (TPSA) is 142 Å². The molecule has 0 spiro atoms. The molecule has 14 heteroatoms. The fourth-order valence-electron chi connectivity index (χ4n) is 6.18. The highest BCUT2D eigenvalue weighted by Crippen LogP contribution is 2.41. The minimum absolute atomic E-state index is 0.0173. The van der Waals surface area contributed by atoms with E-state index in [1.54, 1.807) is 43.6 Å². The van der Waals surface area contributed by atoms with Crippen LogP contribution in [0.3, 0.4) is 0 Å². The standard InChI is InChI=1S/C35H36Cl2FN7O4/c1-49-34-21(17-39-18-23-6-8-28(46)42-23)5-7-26(44-34)24-10-14-40-32(30(24)37)25-3-2-4-27(29(25)36)43-33-31(38)22(9-13-41-33)19-45-15-11-20(12-16-45)35(47)48/h2-5,7,9-10,13-14,20,23,39H,6,8,11-12,15-19H2,1H3,(H,41,43)(H,42,46)(H,47,48)/t23-/m0/s1. The van der Waals surface area contributed by atoms with Crippen LogP contribution in [0.4, 0.5) is 15.9 Å². The summed E-state index contributed by atoms with van der Waals surface area (Å²) in [4.78, 5) is 38.3. The van der Waals surface area contributed by atoms with Crippen LogP contribution in [0.15, 0.2) is 54.9 Å². The van der Waals surface area contributed by atoms with E-state index in [-0.39, 0.29) is 28.7 Å². The molecule has 0 saturated carbocycles. The van der Waals surface area contributed by atoms with Gasteiger partial charge < -0.3 is 25.8 Å². The number of amides is 1. The van der Waals surface area contributed by atoms with E-state index in [4.69, 9.17) is 32.9 Å². The molecule has 256 valence electrons. The third-order valence-corrected chi connectivity index (χ3v) is 9.69. The second kappa shape index (κ2) is 15.5. The zero-order valence-corrected chi connectivity index (χ0v) is 28.3. The molecule has 2 saturated heterocycles. The molecule has 4 aromatic rings. The van der Waals surface area contributed by atoms with E-state index in [9.17, 15) is 14.7 Å². The second-order valence-corrected chi connectivity index (χ2v) is 12.9. The number of pyridine rings is 3. The highest BCUT2D eigenvalue weighted by Gasteiger charge is 2.26. The third kappa shape index (κ3) is 7.94. The van der Waals surface area contributed by atoms with Gasteiger partial charge in [-0.05, 0) is 56.6 Å². The van der Waals surface area contributed by atoms with Gasteiger partial charge in [0.2, 0.25) is 11.8 Å². The number of piperidine rings is 1. The molecule has 0 unspecified atom stereocenters. The van der Waals surface area contributed by atoms with Crippen molar-refractivity contribution in [2.45, 2.75) is 44.8 Å². The Balaban J connectivity index is 1.18. The summed E-state index contributed by atoms with van der Waals surface area (Å²) in [5.41, 5.74) is 3.88. The largest absolute Gasteiger partial charge is 0.481 e. The van der Waals surface area contributed by atoms with Crippen LogP contribution in [-0.2, 0) is 22.7 Å². The monoisotopic (exact) mass is 707 g/mol.